The average Bonchev–Trinajstić information content (AvgIpc) is 2.55. The first-order valence-corrected chi connectivity index (χ1v) is 6.69. The summed E-state index contributed by atoms with van der Waals surface area (Å²) in [6.45, 7) is 13.3. The van der Waals surface area contributed by atoms with Crippen LogP contribution in [-0.2, 0) is 4.74 Å². The number of nitrogens with one attached hydrogen (secondary N) is 1. The summed E-state index contributed by atoms with van der Waals surface area (Å²) in [7, 11) is 1.74. The zero-order valence-electron chi connectivity index (χ0n) is 12.6. The van der Waals surface area contributed by atoms with E-state index in [2.05, 4.69) is 49.7 Å². The van der Waals surface area contributed by atoms with Crippen LogP contribution in [0.5, 0.6) is 0 Å². The predicted molar refractivity (Wildman–Crippen MR) is 75.1 cm³/mol. The summed E-state index contributed by atoms with van der Waals surface area (Å²) >= 11 is 0. The van der Waals surface area contributed by atoms with Crippen molar-refractivity contribution in [2.75, 3.05) is 26.8 Å². The van der Waals surface area contributed by atoms with Crippen molar-refractivity contribution in [3.8, 4) is 0 Å². The summed E-state index contributed by atoms with van der Waals surface area (Å²) in [5.41, 5.74) is 3.62. The number of aryl methyl sites for hydroxylation is 1. The highest BCUT2D eigenvalue weighted by Gasteiger charge is 2.16. The summed E-state index contributed by atoms with van der Waals surface area (Å²) in [6, 6.07) is 0.265. The van der Waals surface area contributed by atoms with Crippen LogP contribution in [0, 0.1) is 26.7 Å². The van der Waals surface area contributed by atoms with Crippen LogP contribution in [0.4, 0.5) is 0 Å². The summed E-state index contributed by atoms with van der Waals surface area (Å²) in [5, 5.41) is 8.11. The van der Waals surface area contributed by atoms with Gasteiger partial charge in [0.1, 0.15) is 0 Å². The number of hydrogen-bond acceptors (Lipinski definition) is 3. The monoisotopic (exact) mass is 253 g/mol. The van der Waals surface area contributed by atoms with Gasteiger partial charge in [-0.25, -0.2) is 0 Å². The van der Waals surface area contributed by atoms with E-state index in [1.54, 1.807) is 7.11 Å². The molecule has 1 atom stereocenters. The zero-order valence-corrected chi connectivity index (χ0v) is 12.6. The summed E-state index contributed by atoms with van der Waals surface area (Å²) in [4.78, 5) is 0. The molecule has 0 aromatic carbocycles. The fourth-order valence-corrected chi connectivity index (χ4v) is 2.05. The lowest BCUT2D eigenvalue weighted by molar-refractivity contribution is 0.146. The molecule has 1 rings (SSSR count). The van der Waals surface area contributed by atoms with Crippen molar-refractivity contribution in [2.45, 2.75) is 40.7 Å². The second kappa shape index (κ2) is 6.90. The standard InChI is InChI=1S/C14H27N3O/c1-10(2)7-15-8-14(9-18-6)17-13(5)11(3)12(4)16-17/h10,14-15H,7-9H2,1-6H3. The van der Waals surface area contributed by atoms with Crippen LogP contribution in [0.1, 0.15) is 36.8 Å². The Kier molecular flexibility index (Phi) is 5.82. The lowest BCUT2D eigenvalue weighted by atomic mass is 10.2. The molecule has 0 spiro atoms. The Bertz CT molecular complexity index is 371. The van der Waals surface area contributed by atoms with Gasteiger partial charge in [0.05, 0.1) is 18.3 Å². The van der Waals surface area contributed by atoms with E-state index < -0.39 is 0 Å². The fraction of sp³-hybridized carbons (Fsp3) is 0.786. The van der Waals surface area contributed by atoms with E-state index in [-0.39, 0.29) is 6.04 Å². The van der Waals surface area contributed by atoms with Gasteiger partial charge in [0.15, 0.2) is 0 Å². The van der Waals surface area contributed by atoms with E-state index in [1.807, 2.05) is 0 Å². The van der Waals surface area contributed by atoms with Gasteiger partial charge in [0, 0.05) is 19.3 Å². The Morgan fingerprint density at radius 2 is 1.89 bits per heavy atom. The van der Waals surface area contributed by atoms with Crippen molar-refractivity contribution in [3.05, 3.63) is 17.0 Å². The topological polar surface area (TPSA) is 39.1 Å². The third-order valence-corrected chi connectivity index (χ3v) is 3.32. The fourth-order valence-electron chi connectivity index (χ4n) is 2.05. The molecule has 0 amide bonds. The lowest BCUT2D eigenvalue weighted by Crippen LogP contribution is -2.31. The molecule has 0 aliphatic carbocycles. The number of rotatable bonds is 7. The quantitative estimate of drug-likeness (QED) is 0.810. The highest BCUT2D eigenvalue weighted by molar-refractivity contribution is 5.22. The van der Waals surface area contributed by atoms with Gasteiger partial charge in [0.2, 0.25) is 0 Å². The molecule has 1 heterocycles. The Hall–Kier alpha value is -0.870. The molecule has 4 heteroatoms. The van der Waals surface area contributed by atoms with Crippen molar-refractivity contribution >= 4 is 0 Å². The molecule has 0 radical (unpaired) electrons. The van der Waals surface area contributed by atoms with Crippen LogP contribution in [0.3, 0.4) is 0 Å². The summed E-state index contributed by atoms with van der Waals surface area (Å²) in [6.07, 6.45) is 0. The minimum atomic E-state index is 0.265. The van der Waals surface area contributed by atoms with Crippen LogP contribution >= 0.6 is 0 Å². The molecule has 104 valence electrons. The number of ether oxygens (including phenoxy) is 1. The third kappa shape index (κ3) is 3.82. The van der Waals surface area contributed by atoms with E-state index in [0.29, 0.717) is 12.5 Å². The molecule has 18 heavy (non-hydrogen) atoms. The molecule has 0 aliphatic rings. The Morgan fingerprint density at radius 3 is 2.33 bits per heavy atom. The van der Waals surface area contributed by atoms with E-state index in [0.717, 1.165) is 18.8 Å². The third-order valence-electron chi connectivity index (χ3n) is 3.32. The number of methoxy groups -OCH3 is 1. The highest BCUT2D eigenvalue weighted by Crippen LogP contribution is 2.16. The van der Waals surface area contributed by atoms with Crippen molar-refractivity contribution in [2.24, 2.45) is 5.92 Å². The molecule has 1 aromatic rings. The lowest BCUT2D eigenvalue weighted by Gasteiger charge is -2.20. The molecule has 4 nitrogen and oxygen atoms in total. The van der Waals surface area contributed by atoms with Crippen molar-refractivity contribution < 1.29 is 4.74 Å². The van der Waals surface area contributed by atoms with Gasteiger partial charge in [-0.1, -0.05) is 13.8 Å². The molecule has 0 saturated carbocycles. The van der Waals surface area contributed by atoms with E-state index in [4.69, 9.17) is 4.74 Å². The highest BCUT2D eigenvalue weighted by atomic mass is 16.5. The molecular formula is C14H27N3O. The van der Waals surface area contributed by atoms with E-state index >= 15 is 0 Å². The van der Waals surface area contributed by atoms with Crippen molar-refractivity contribution in [1.29, 1.82) is 0 Å². The number of nitrogens with zero attached hydrogens (tertiary/aromatic N) is 2. The largest absolute Gasteiger partial charge is 0.382 e. The van der Waals surface area contributed by atoms with Gasteiger partial charge in [-0.2, -0.15) is 5.10 Å². The average molecular weight is 253 g/mol. The van der Waals surface area contributed by atoms with Gasteiger partial charge in [-0.3, -0.25) is 4.68 Å². The van der Waals surface area contributed by atoms with Crippen LogP contribution in [0.2, 0.25) is 0 Å². The second-order valence-electron chi connectivity index (χ2n) is 5.40. The minimum Gasteiger partial charge on any atom is -0.382 e. The summed E-state index contributed by atoms with van der Waals surface area (Å²) < 4.78 is 7.42. The first-order valence-electron chi connectivity index (χ1n) is 6.69. The maximum absolute atomic E-state index is 5.32. The van der Waals surface area contributed by atoms with Crippen LogP contribution in [0.15, 0.2) is 0 Å². The molecule has 1 N–H and O–H groups in total. The number of aromatic nitrogens is 2. The normalized spacial score (nSPS) is 13.3. The van der Waals surface area contributed by atoms with Crippen LogP contribution in [-0.4, -0.2) is 36.6 Å². The molecule has 1 aromatic heterocycles. The molecule has 0 aliphatic heterocycles. The molecule has 1 unspecified atom stereocenters. The van der Waals surface area contributed by atoms with Crippen molar-refractivity contribution in [3.63, 3.8) is 0 Å². The molecular weight excluding hydrogens is 226 g/mol. The van der Waals surface area contributed by atoms with Gasteiger partial charge in [-0.05, 0) is 38.8 Å². The first-order chi connectivity index (χ1) is 8.47. The Balaban J connectivity index is 2.74. The van der Waals surface area contributed by atoms with E-state index in [1.165, 1.54) is 11.3 Å². The molecule has 0 bridgehead atoms. The Labute approximate surface area is 111 Å². The molecule has 0 fully saturated rings. The van der Waals surface area contributed by atoms with Crippen LogP contribution < -0.4 is 5.32 Å². The van der Waals surface area contributed by atoms with Gasteiger partial charge < -0.3 is 10.1 Å². The number of hydrogen-bond donors (Lipinski definition) is 1. The predicted octanol–water partition coefficient (Wildman–Crippen LogP) is 2.24. The van der Waals surface area contributed by atoms with Crippen LogP contribution in [0.25, 0.3) is 0 Å². The second-order valence-corrected chi connectivity index (χ2v) is 5.40. The minimum absolute atomic E-state index is 0.265. The van der Waals surface area contributed by atoms with Gasteiger partial charge in [0.25, 0.3) is 0 Å². The van der Waals surface area contributed by atoms with E-state index in [9.17, 15) is 0 Å². The SMILES string of the molecule is COCC(CNCC(C)C)n1nc(C)c(C)c1C. The van der Waals surface area contributed by atoms with Gasteiger partial charge in [-0.15, -0.1) is 0 Å². The van der Waals surface area contributed by atoms with Gasteiger partial charge >= 0.3 is 0 Å². The maximum Gasteiger partial charge on any atom is 0.0879 e. The Morgan fingerprint density at radius 1 is 1.22 bits per heavy atom. The first kappa shape index (κ1) is 15.2. The smallest absolute Gasteiger partial charge is 0.0879 e. The zero-order chi connectivity index (χ0) is 13.7. The van der Waals surface area contributed by atoms with Crippen molar-refractivity contribution in [1.82, 2.24) is 15.1 Å². The molecule has 0 saturated heterocycles. The summed E-state index contributed by atoms with van der Waals surface area (Å²) in [5.74, 6) is 0.662. The maximum atomic E-state index is 5.32.